The summed E-state index contributed by atoms with van der Waals surface area (Å²) in [5.74, 6) is 0.951. The molecule has 3 heteroatoms. The number of halogens is 1. The van der Waals surface area contributed by atoms with Crippen molar-refractivity contribution in [2.45, 2.75) is 25.5 Å². The van der Waals surface area contributed by atoms with Gasteiger partial charge in [-0.2, -0.15) is 0 Å². The van der Waals surface area contributed by atoms with Crippen LogP contribution in [-0.2, 0) is 6.42 Å². The van der Waals surface area contributed by atoms with E-state index >= 15 is 0 Å². The number of rotatable bonds is 2. The Morgan fingerprint density at radius 1 is 1.26 bits per heavy atom. The van der Waals surface area contributed by atoms with Crippen molar-refractivity contribution in [1.29, 1.82) is 0 Å². The van der Waals surface area contributed by atoms with Crippen molar-refractivity contribution >= 4 is 11.6 Å². The van der Waals surface area contributed by atoms with E-state index in [0.29, 0.717) is 0 Å². The molecule has 0 saturated heterocycles. The van der Waals surface area contributed by atoms with Crippen LogP contribution >= 0.6 is 11.6 Å². The number of nitrogens with two attached hydrogens (primary N) is 1. The molecule has 0 aliphatic carbocycles. The Balaban J connectivity index is 2.04. The van der Waals surface area contributed by atoms with Crippen LogP contribution in [0.5, 0.6) is 5.75 Å². The Morgan fingerprint density at radius 3 is 2.79 bits per heavy atom. The van der Waals surface area contributed by atoms with E-state index < -0.39 is 0 Å². The monoisotopic (exact) mass is 273 g/mol. The second-order valence-corrected chi connectivity index (χ2v) is 5.46. The minimum atomic E-state index is 0.0274. The Bertz CT molecular complexity index is 609. The van der Waals surface area contributed by atoms with Gasteiger partial charge in [-0.15, -0.1) is 0 Å². The maximum absolute atomic E-state index is 6.06. The van der Waals surface area contributed by atoms with Gasteiger partial charge in [0.1, 0.15) is 11.9 Å². The number of hydrogen-bond donors (Lipinski definition) is 1. The van der Waals surface area contributed by atoms with Gasteiger partial charge in [0.15, 0.2) is 0 Å². The van der Waals surface area contributed by atoms with Crippen LogP contribution in [0.15, 0.2) is 42.5 Å². The molecule has 3 rings (SSSR count). The van der Waals surface area contributed by atoms with Gasteiger partial charge in [0.05, 0.1) is 0 Å². The minimum absolute atomic E-state index is 0.0274. The van der Waals surface area contributed by atoms with Crippen LogP contribution < -0.4 is 10.5 Å². The van der Waals surface area contributed by atoms with Crippen LogP contribution in [0.4, 0.5) is 0 Å². The van der Waals surface area contributed by atoms with Crippen LogP contribution in [0.3, 0.4) is 0 Å². The predicted molar refractivity (Wildman–Crippen MR) is 78.7 cm³/mol. The first-order valence-electron chi connectivity index (χ1n) is 6.45. The third kappa shape index (κ3) is 2.34. The number of para-hydroxylation sites is 1. The highest BCUT2D eigenvalue weighted by Crippen LogP contribution is 2.39. The third-order valence-electron chi connectivity index (χ3n) is 3.51. The summed E-state index contributed by atoms with van der Waals surface area (Å²) < 4.78 is 6.03. The summed E-state index contributed by atoms with van der Waals surface area (Å²) >= 11 is 6.06. The summed E-state index contributed by atoms with van der Waals surface area (Å²) in [6.07, 6.45) is 0.942. The van der Waals surface area contributed by atoms with Crippen molar-refractivity contribution in [3.05, 3.63) is 53.1 Å². The molecule has 0 saturated carbocycles. The van der Waals surface area contributed by atoms with Crippen molar-refractivity contribution in [1.82, 2.24) is 0 Å². The maximum Gasteiger partial charge on any atom is 0.130 e. The van der Waals surface area contributed by atoms with Gasteiger partial charge in [-0.1, -0.05) is 41.9 Å². The molecule has 0 amide bonds. The second-order valence-electron chi connectivity index (χ2n) is 5.02. The average Bonchev–Trinajstić information content (AvgIpc) is 2.82. The van der Waals surface area contributed by atoms with Gasteiger partial charge in [0.2, 0.25) is 0 Å². The van der Waals surface area contributed by atoms with Crippen molar-refractivity contribution in [2.24, 2.45) is 5.73 Å². The van der Waals surface area contributed by atoms with Crippen LogP contribution in [0.2, 0.25) is 5.02 Å². The van der Waals surface area contributed by atoms with Gasteiger partial charge in [-0.3, -0.25) is 0 Å². The molecule has 0 spiro atoms. The van der Waals surface area contributed by atoms with E-state index in [-0.39, 0.29) is 12.1 Å². The van der Waals surface area contributed by atoms with Crippen LogP contribution in [-0.4, -0.2) is 12.1 Å². The lowest BCUT2D eigenvalue weighted by molar-refractivity contribution is 0.207. The smallest absolute Gasteiger partial charge is 0.130 e. The number of benzene rings is 2. The quantitative estimate of drug-likeness (QED) is 0.906. The summed E-state index contributed by atoms with van der Waals surface area (Å²) in [6, 6.07) is 14.1. The molecule has 2 unspecified atom stereocenters. The van der Waals surface area contributed by atoms with Crippen LogP contribution in [0.25, 0.3) is 11.1 Å². The van der Waals surface area contributed by atoms with Gasteiger partial charge in [-0.05, 0) is 30.2 Å². The first-order valence-corrected chi connectivity index (χ1v) is 6.83. The highest BCUT2D eigenvalue weighted by Gasteiger charge is 2.27. The lowest BCUT2D eigenvalue weighted by Gasteiger charge is -2.15. The molecule has 2 nitrogen and oxygen atoms in total. The lowest BCUT2D eigenvalue weighted by Crippen LogP contribution is -2.34. The van der Waals surface area contributed by atoms with E-state index in [0.717, 1.165) is 28.3 Å². The largest absolute Gasteiger partial charge is 0.488 e. The molecule has 1 aliphatic rings. The fourth-order valence-electron chi connectivity index (χ4n) is 2.47. The molecule has 2 atom stereocenters. The number of fused-ring (bicyclic) bond motifs is 1. The number of ether oxygens (including phenoxy) is 1. The summed E-state index contributed by atoms with van der Waals surface area (Å²) in [7, 11) is 0. The van der Waals surface area contributed by atoms with Crippen molar-refractivity contribution in [3.63, 3.8) is 0 Å². The van der Waals surface area contributed by atoms with Crippen molar-refractivity contribution in [3.8, 4) is 16.9 Å². The molecule has 2 aromatic carbocycles. The molecule has 1 heterocycles. The standard InChI is InChI=1S/C16H16ClNO/c1-10(18)15-9-12-5-3-7-14(16(12)19-15)11-4-2-6-13(17)8-11/h2-8,10,15H,9,18H2,1H3. The van der Waals surface area contributed by atoms with Gasteiger partial charge in [0.25, 0.3) is 0 Å². The summed E-state index contributed by atoms with van der Waals surface area (Å²) in [5, 5.41) is 0.733. The van der Waals surface area contributed by atoms with Gasteiger partial charge >= 0.3 is 0 Å². The topological polar surface area (TPSA) is 35.2 Å². The Hall–Kier alpha value is -1.51. The van der Waals surface area contributed by atoms with E-state index in [2.05, 4.69) is 18.2 Å². The number of hydrogen-bond acceptors (Lipinski definition) is 2. The molecule has 2 aromatic rings. The normalized spacial score (nSPS) is 18.8. The van der Waals surface area contributed by atoms with E-state index in [9.17, 15) is 0 Å². The highest BCUT2D eigenvalue weighted by atomic mass is 35.5. The summed E-state index contributed by atoms with van der Waals surface area (Å²) in [6.45, 7) is 1.98. The van der Waals surface area contributed by atoms with Gasteiger partial charge < -0.3 is 10.5 Å². The predicted octanol–water partition coefficient (Wildman–Crippen LogP) is 3.66. The minimum Gasteiger partial charge on any atom is -0.488 e. The molecule has 0 bridgehead atoms. The second kappa shape index (κ2) is 4.87. The summed E-state index contributed by atoms with van der Waals surface area (Å²) in [5.41, 5.74) is 9.33. The van der Waals surface area contributed by atoms with E-state index in [1.807, 2.05) is 31.2 Å². The fourth-order valence-corrected chi connectivity index (χ4v) is 2.66. The Labute approximate surface area is 118 Å². The van der Waals surface area contributed by atoms with Gasteiger partial charge in [-0.25, -0.2) is 0 Å². The zero-order valence-corrected chi connectivity index (χ0v) is 11.5. The maximum atomic E-state index is 6.06. The molecular weight excluding hydrogens is 258 g/mol. The van der Waals surface area contributed by atoms with E-state index in [1.165, 1.54) is 5.56 Å². The van der Waals surface area contributed by atoms with Crippen LogP contribution in [0, 0.1) is 0 Å². The van der Waals surface area contributed by atoms with Crippen LogP contribution in [0.1, 0.15) is 12.5 Å². The molecular formula is C16H16ClNO. The first kappa shape index (κ1) is 12.5. The lowest BCUT2D eigenvalue weighted by atomic mass is 10.00. The molecule has 2 N–H and O–H groups in total. The first-order chi connectivity index (χ1) is 9.15. The summed E-state index contributed by atoms with van der Waals surface area (Å²) in [4.78, 5) is 0. The molecule has 0 radical (unpaired) electrons. The fraction of sp³-hybridized carbons (Fsp3) is 0.250. The average molecular weight is 274 g/mol. The Kier molecular flexibility index (Phi) is 3.21. The van der Waals surface area contributed by atoms with Gasteiger partial charge in [0, 0.05) is 23.0 Å². The molecule has 1 aliphatic heterocycles. The zero-order chi connectivity index (χ0) is 13.4. The molecule has 0 fully saturated rings. The Morgan fingerprint density at radius 2 is 2.05 bits per heavy atom. The molecule has 19 heavy (non-hydrogen) atoms. The molecule has 98 valence electrons. The zero-order valence-electron chi connectivity index (χ0n) is 10.8. The van der Waals surface area contributed by atoms with E-state index in [4.69, 9.17) is 22.1 Å². The SMILES string of the molecule is CC(N)C1Cc2cccc(-c3cccc(Cl)c3)c2O1. The van der Waals surface area contributed by atoms with Crippen molar-refractivity contribution < 1.29 is 4.74 Å². The molecule has 0 aromatic heterocycles. The van der Waals surface area contributed by atoms with Crippen molar-refractivity contribution in [2.75, 3.05) is 0 Å². The highest BCUT2D eigenvalue weighted by molar-refractivity contribution is 6.30. The third-order valence-corrected chi connectivity index (χ3v) is 3.74. The van der Waals surface area contributed by atoms with E-state index in [1.54, 1.807) is 0 Å².